The average molecular weight is 490 g/mol. The minimum Gasteiger partial charge on any atom is -0.310 e. The second kappa shape index (κ2) is 9.34. The largest absolute Gasteiger partial charge is 0.310 e. The molecule has 0 atom stereocenters. The minimum absolute atomic E-state index is 0.0784. The van der Waals surface area contributed by atoms with Crippen molar-refractivity contribution in [2.75, 3.05) is 11.1 Å². The summed E-state index contributed by atoms with van der Waals surface area (Å²) in [4.78, 5) is 30.2. The third kappa shape index (κ3) is 4.46. The van der Waals surface area contributed by atoms with Crippen molar-refractivity contribution in [3.63, 3.8) is 0 Å². The lowest BCUT2D eigenvalue weighted by Crippen LogP contribution is -2.24. The fraction of sp³-hybridized carbons (Fsp3) is 0.429. The van der Waals surface area contributed by atoms with E-state index in [0.29, 0.717) is 28.6 Å². The first kappa shape index (κ1) is 21.1. The normalized spacial score (nSPS) is 14.5. The van der Waals surface area contributed by atoms with Gasteiger partial charge in [0.2, 0.25) is 5.91 Å². The molecule has 30 heavy (non-hydrogen) atoms. The fourth-order valence-corrected chi connectivity index (χ4v) is 5.05. The molecule has 0 spiro atoms. The fourth-order valence-electron chi connectivity index (χ4n) is 3.87. The van der Waals surface area contributed by atoms with Crippen molar-refractivity contribution in [3.05, 3.63) is 45.3 Å². The highest BCUT2D eigenvalue weighted by molar-refractivity contribution is 9.10. The Morgan fingerprint density at radius 2 is 2.10 bits per heavy atom. The van der Waals surface area contributed by atoms with E-state index in [1.165, 1.54) is 24.6 Å². The maximum absolute atomic E-state index is 13.0. The molecule has 4 rings (SSSR count). The van der Waals surface area contributed by atoms with E-state index in [2.05, 4.69) is 31.3 Å². The first-order valence-corrected chi connectivity index (χ1v) is 12.0. The molecule has 7 nitrogen and oxygen atoms in total. The molecule has 1 N–H and O–H groups in total. The lowest BCUT2D eigenvalue weighted by molar-refractivity contribution is -0.113. The van der Waals surface area contributed by atoms with Gasteiger partial charge in [0.25, 0.3) is 5.56 Å². The zero-order valence-corrected chi connectivity index (χ0v) is 19.2. The number of fused-ring (bicyclic) bond motifs is 1. The molecule has 2 aromatic heterocycles. The molecule has 0 bridgehead atoms. The Kier molecular flexibility index (Phi) is 6.58. The van der Waals surface area contributed by atoms with Crippen LogP contribution >= 0.6 is 27.7 Å². The van der Waals surface area contributed by atoms with E-state index in [1.54, 1.807) is 16.8 Å². The molecule has 2 heterocycles. The van der Waals surface area contributed by atoms with E-state index in [9.17, 15) is 9.59 Å². The number of amides is 1. The van der Waals surface area contributed by atoms with Crippen LogP contribution in [0.4, 0.5) is 5.82 Å². The van der Waals surface area contributed by atoms with Gasteiger partial charge in [-0.1, -0.05) is 47.5 Å². The maximum atomic E-state index is 13.0. The summed E-state index contributed by atoms with van der Waals surface area (Å²) < 4.78 is 4.43. The smallest absolute Gasteiger partial charge is 0.262 e. The topological polar surface area (TPSA) is 81.8 Å². The van der Waals surface area contributed by atoms with Gasteiger partial charge in [0.15, 0.2) is 5.16 Å². The Hall–Kier alpha value is -2.13. The van der Waals surface area contributed by atoms with Crippen LogP contribution in [0.2, 0.25) is 0 Å². The van der Waals surface area contributed by atoms with Crippen LogP contribution in [0.25, 0.3) is 10.9 Å². The highest BCUT2D eigenvalue weighted by Gasteiger charge is 2.21. The van der Waals surface area contributed by atoms with Crippen LogP contribution < -0.4 is 10.9 Å². The van der Waals surface area contributed by atoms with Crippen LogP contribution in [-0.4, -0.2) is 31.0 Å². The lowest BCUT2D eigenvalue weighted by Gasteiger charge is -2.15. The highest BCUT2D eigenvalue weighted by atomic mass is 79.9. The summed E-state index contributed by atoms with van der Waals surface area (Å²) in [5.41, 5.74) is 0.558. The number of hydrogen-bond acceptors (Lipinski definition) is 5. The molecular formula is C21H24BrN5O2S. The van der Waals surface area contributed by atoms with Crippen molar-refractivity contribution in [2.24, 2.45) is 0 Å². The van der Waals surface area contributed by atoms with Gasteiger partial charge >= 0.3 is 0 Å². The summed E-state index contributed by atoms with van der Waals surface area (Å²) in [5, 5.41) is 8.50. The Morgan fingerprint density at radius 1 is 1.30 bits per heavy atom. The summed E-state index contributed by atoms with van der Waals surface area (Å²) in [5.74, 6) is 0.774. The van der Waals surface area contributed by atoms with Crippen molar-refractivity contribution in [2.45, 2.75) is 56.8 Å². The molecule has 158 valence electrons. The van der Waals surface area contributed by atoms with Gasteiger partial charge in [-0.05, 0) is 37.5 Å². The van der Waals surface area contributed by atoms with Crippen LogP contribution in [0.5, 0.6) is 0 Å². The molecule has 0 saturated heterocycles. The number of rotatable bonds is 7. The van der Waals surface area contributed by atoms with Crippen LogP contribution in [-0.2, 0) is 11.3 Å². The van der Waals surface area contributed by atoms with E-state index >= 15 is 0 Å². The molecule has 0 radical (unpaired) electrons. The standard InChI is InChI=1S/C21H24BrN5O2S/c1-2-11-26-20(29)16-12-14(22)7-8-17(16)24-21(26)30-13-19(28)25-18-9-10-23-27(18)15-5-3-4-6-15/h7-10,12,15H,2-6,11,13H2,1H3,(H,25,28). The van der Waals surface area contributed by atoms with Crippen molar-refractivity contribution in [1.29, 1.82) is 0 Å². The Bertz CT molecular complexity index is 1120. The SMILES string of the molecule is CCCn1c(SCC(=O)Nc2ccnn2C2CCCC2)nc2ccc(Br)cc2c1=O. The molecule has 1 saturated carbocycles. The maximum Gasteiger partial charge on any atom is 0.262 e. The van der Waals surface area contributed by atoms with Crippen LogP contribution in [0.3, 0.4) is 0 Å². The Balaban J connectivity index is 1.51. The van der Waals surface area contributed by atoms with Gasteiger partial charge in [0, 0.05) is 17.1 Å². The summed E-state index contributed by atoms with van der Waals surface area (Å²) in [6, 6.07) is 7.67. The molecule has 0 unspecified atom stereocenters. The molecule has 3 aromatic rings. The van der Waals surface area contributed by atoms with Gasteiger partial charge in [-0.3, -0.25) is 14.2 Å². The van der Waals surface area contributed by atoms with Gasteiger partial charge in [0.1, 0.15) is 5.82 Å². The van der Waals surface area contributed by atoms with E-state index in [0.717, 1.165) is 29.6 Å². The number of thioether (sulfide) groups is 1. The quantitative estimate of drug-likeness (QED) is 0.387. The first-order chi connectivity index (χ1) is 14.6. The van der Waals surface area contributed by atoms with Crippen LogP contribution in [0, 0.1) is 0 Å². The van der Waals surface area contributed by atoms with Gasteiger partial charge in [-0.2, -0.15) is 5.10 Å². The molecular weight excluding hydrogens is 466 g/mol. The minimum atomic E-state index is -0.132. The summed E-state index contributed by atoms with van der Waals surface area (Å²) in [7, 11) is 0. The molecule has 9 heteroatoms. The molecule has 1 aromatic carbocycles. The zero-order valence-electron chi connectivity index (χ0n) is 16.8. The molecule has 1 amide bonds. The molecule has 0 aliphatic heterocycles. The van der Waals surface area contributed by atoms with E-state index < -0.39 is 0 Å². The summed E-state index contributed by atoms with van der Waals surface area (Å²) in [6.45, 7) is 2.58. The first-order valence-electron chi connectivity index (χ1n) is 10.2. The van der Waals surface area contributed by atoms with Crippen molar-refractivity contribution in [3.8, 4) is 0 Å². The summed E-state index contributed by atoms with van der Waals surface area (Å²) in [6.07, 6.45) is 7.13. The van der Waals surface area contributed by atoms with E-state index in [1.807, 2.05) is 29.8 Å². The number of hydrogen-bond donors (Lipinski definition) is 1. The number of halogens is 1. The van der Waals surface area contributed by atoms with E-state index in [-0.39, 0.29) is 17.2 Å². The molecule has 1 aliphatic carbocycles. The monoisotopic (exact) mass is 489 g/mol. The zero-order chi connectivity index (χ0) is 21.1. The molecule has 1 fully saturated rings. The van der Waals surface area contributed by atoms with Crippen LogP contribution in [0.15, 0.2) is 44.9 Å². The van der Waals surface area contributed by atoms with E-state index in [4.69, 9.17) is 0 Å². The molecule has 1 aliphatic rings. The highest BCUT2D eigenvalue weighted by Crippen LogP contribution is 2.31. The Morgan fingerprint density at radius 3 is 2.87 bits per heavy atom. The number of anilines is 1. The predicted octanol–water partition coefficient (Wildman–Crippen LogP) is 4.61. The van der Waals surface area contributed by atoms with Gasteiger partial charge in [-0.15, -0.1) is 0 Å². The van der Waals surface area contributed by atoms with Gasteiger partial charge in [0.05, 0.1) is 28.9 Å². The second-order valence-electron chi connectivity index (χ2n) is 7.45. The number of carbonyl (C=O) groups is 1. The van der Waals surface area contributed by atoms with Crippen molar-refractivity contribution < 1.29 is 4.79 Å². The number of nitrogens with one attached hydrogen (secondary N) is 1. The van der Waals surface area contributed by atoms with Gasteiger partial charge < -0.3 is 5.32 Å². The second-order valence-corrected chi connectivity index (χ2v) is 9.31. The third-order valence-corrected chi connectivity index (χ3v) is 6.74. The Labute approximate surface area is 187 Å². The number of aromatic nitrogens is 4. The number of nitrogens with zero attached hydrogens (tertiary/aromatic N) is 4. The van der Waals surface area contributed by atoms with Gasteiger partial charge in [-0.25, -0.2) is 9.67 Å². The average Bonchev–Trinajstić information content (AvgIpc) is 3.41. The predicted molar refractivity (Wildman–Crippen MR) is 123 cm³/mol. The number of carbonyl (C=O) groups excluding carboxylic acids is 1. The van der Waals surface area contributed by atoms with Crippen molar-refractivity contribution >= 4 is 50.3 Å². The number of benzene rings is 1. The third-order valence-electron chi connectivity index (χ3n) is 5.27. The van der Waals surface area contributed by atoms with Crippen LogP contribution in [0.1, 0.15) is 45.1 Å². The lowest BCUT2D eigenvalue weighted by atomic mass is 10.2. The van der Waals surface area contributed by atoms with Crippen molar-refractivity contribution in [1.82, 2.24) is 19.3 Å². The summed E-state index contributed by atoms with van der Waals surface area (Å²) >= 11 is 4.70.